The van der Waals surface area contributed by atoms with Gasteiger partial charge in [-0.05, 0) is 71.6 Å². The molecule has 5 atom stereocenters. The summed E-state index contributed by atoms with van der Waals surface area (Å²) in [5.74, 6) is 0.370. The summed E-state index contributed by atoms with van der Waals surface area (Å²) in [6, 6.07) is 0. The Morgan fingerprint density at radius 3 is 2.38 bits per heavy atom. The molecule has 0 aromatic carbocycles. The lowest BCUT2D eigenvalue weighted by Crippen LogP contribution is -2.46. The van der Waals surface area contributed by atoms with Crippen LogP contribution in [0.15, 0.2) is 11.6 Å². The summed E-state index contributed by atoms with van der Waals surface area (Å²) >= 11 is 0. The SMILES string of the molecule is C/C1=C/C[C@]2(C(C)C)CC[C@@](C)(O2)[C@H](O)CC[C@@](C)(O)[C@@H](O)CC1. The van der Waals surface area contributed by atoms with E-state index in [4.69, 9.17) is 4.74 Å². The molecule has 3 N–H and O–H groups in total. The smallest absolute Gasteiger partial charge is 0.0921 e. The predicted molar refractivity (Wildman–Crippen MR) is 95.8 cm³/mol. The van der Waals surface area contributed by atoms with Crippen molar-refractivity contribution in [2.45, 2.75) is 109 Å². The Kier molecular flexibility index (Phi) is 5.86. The Bertz CT molecular complexity index is 470. The van der Waals surface area contributed by atoms with Crippen LogP contribution in [0.1, 0.15) is 79.6 Å². The highest BCUT2D eigenvalue weighted by molar-refractivity contribution is 5.08. The van der Waals surface area contributed by atoms with E-state index in [2.05, 4.69) is 26.8 Å². The van der Waals surface area contributed by atoms with Crippen molar-refractivity contribution in [1.29, 1.82) is 0 Å². The lowest BCUT2D eigenvalue weighted by Gasteiger charge is -2.39. The topological polar surface area (TPSA) is 69.9 Å². The monoisotopic (exact) mass is 340 g/mol. The van der Waals surface area contributed by atoms with E-state index < -0.39 is 23.4 Å². The van der Waals surface area contributed by atoms with Gasteiger partial charge in [0.2, 0.25) is 0 Å². The van der Waals surface area contributed by atoms with Gasteiger partial charge in [0.15, 0.2) is 0 Å². The Morgan fingerprint density at radius 2 is 1.75 bits per heavy atom. The van der Waals surface area contributed by atoms with Crippen LogP contribution < -0.4 is 0 Å². The molecule has 0 aromatic heterocycles. The second kappa shape index (κ2) is 7.06. The van der Waals surface area contributed by atoms with Crippen LogP contribution in [-0.4, -0.2) is 44.3 Å². The zero-order chi connectivity index (χ0) is 18.2. The Balaban J connectivity index is 2.30. The molecule has 0 radical (unpaired) electrons. The van der Waals surface area contributed by atoms with Crippen molar-refractivity contribution >= 4 is 0 Å². The van der Waals surface area contributed by atoms with Crippen LogP contribution in [-0.2, 0) is 4.74 Å². The number of fused-ring (bicyclic) bond motifs is 2. The molecular weight excluding hydrogens is 304 g/mol. The highest BCUT2D eigenvalue weighted by atomic mass is 16.5. The zero-order valence-electron chi connectivity index (χ0n) is 16.0. The van der Waals surface area contributed by atoms with Crippen molar-refractivity contribution in [1.82, 2.24) is 0 Å². The van der Waals surface area contributed by atoms with E-state index in [1.807, 2.05) is 6.92 Å². The Labute approximate surface area is 146 Å². The third-order valence-electron chi connectivity index (χ3n) is 6.49. The van der Waals surface area contributed by atoms with E-state index in [0.29, 0.717) is 25.2 Å². The maximum atomic E-state index is 10.7. The van der Waals surface area contributed by atoms with E-state index in [-0.39, 0.29) is 5.60 Å². The zero-order valence-corrected chi connectivity index (χ0v) is 16.0. The first kappa shape index (κ1) is 19.9. The summed E-state index contributed by atoms with van der Waals surface area (Å²) in [6.07, 6.45) is 5.52. The molecular formula is C20H36O4. The van der Waals surface area contributed by atoms with E-state index in [1.165, 1.54) is 5.57 Å². The maximum absolute atomic E-state index is 10.7. The summed E-state index contributed by atoms with van der Waals surface area (Å²) in [5, 5.41) is 31.7. The van der Waals surface area contributed by atoms with Gasteiger partial charge in [-0.25, -0.2) is 0 Å². The molecule has 2 aliphatic heterocycles. The van der Waals surface area contributed by atoms with Crippen molar-refractivity contribution in [2.24, 2.45) is 5.92 Å². The van der Waals surface area contributed by atoms with Crippen molar-refractivity contribution < 1.29 is 20.1 Å². The molecule has 140 valence electrons. The van der Waals surface area contributed by atoms with Gasteiger partial charge in [0.05, 0.1) is 29.0 Å². The van der Waals surface area contributed by atoms with Crippen molar-refractivity contribution in [3.63, 3.8) is 0 Å². The van der Waals surface area contributed by atoms with Crippen molar-refractivity contribution in [3.05, 3.63) is 11.6 Å². The predicted octanol–water partition coefficient (Wildman–Crippen LogP) is 3.33. The number of ether oxygens (including phenoxy) is 1. The summed E-state index contributed by atoms with van der Waals surface area (Å²) in [4.78, 5) is 0. The molecule has 4 heteroatoms. The van der Waals surface area contributed by atoms with Gasteiger partial charge < -0.3 is 20.1 Å². The minimum Gasteiger partial charge on any atom is -0.390 e. The van der Waals surface area contributed by atoms with Crippen LogP contribution in [0.3, 0.4) is 0 Å². The van der Waals surface area contributed by atoms with Gasteiger partial charge in [0.25, 0.3) is 0 Å². The van der Waals surface area contributed by atoms with E-state index >= 15 is 0 Å². The lowest BCUT2D eigenvalue weighted by molar-refractivity contribution is -0.167. The standard InChI is InChI=1S/C20H36O4/c1-14(2)20-11-8-15(3)6-7-16(21)18(4,23)10-9-17(22)19(5,24-20)12-13-20/h8,14,16-17,21-23H,6-7,9-13H2,1-5H3/b15-8-/t16-,17+,18+,19+,20+/m0/s1. The van der Waals surface area contributed by atoms with E-state index in [1.54, 1.807) is 6.92 Å². The molecule has 4 nitrogen and oxygen atoms in total. The molecule has 0 unspecified atom stereocenters. The number of hydrogen-bond acceptors (Lipinski definition) is 4. The molecule has 1 saturated heterocycles. The van der Waals surface area contributed by atoms with Gasteiger partial charge in [0.1, 0.15) is 0 Å². The number of rotatable bonds is 1. The van der Waals surface area contributed by atoms with Gasteiger partial charge in [0, 0.05) is 0 Å². The normalized spacial score (nSPS) is 47.5. The second-order valence-electron chi connectivity index (χ2n) is 8.85. The molecule has 0 amide bonds. The number of aliphatic hydroxyl groups excluding tert-OH is 2. The summed E-state index contributed by atoms with van der Waals surface area (Å²) < 4.78 is 6.53. The molecule has 0 aromatic rings. The molecule has 2 rings (SSSR count). The van der Waals surface area contributed by atoms with E-state index in [9.17, 15) is 15.3 Å². The average molecular weight is 341 g/mol. The lowest BCUT2D eigenvalue weighted by atomic mass is 9.81. The first-order valence-electron chi connectivity index (χ1n) is 9.45. The molecule has 24 heavy (non-hydrogen) atoms. The van der Waals surface area contributed by atoms with Crippen LogP contribution in [0.4, 0.5) is 0 Å². The minimum atomic E-state index is -1.18. The fourth-order valence-corrected chi connectivity index (χ4v) is 4.07. The Hall–Kier alpha value is -0.420. The van der Waals surface area contributed by atoms with Crippen LogP contribution in [0.5, 0.6) is 0 Å². The first-order chi connectivity index (χ1) is 11.0. The third kappa shape index (κ3) is 4.04. The van der Waals surface area contributed by atoms with Gasteiger partial charge in [-0.3, -0.25) is 0 Å². The van der Waals surface area contributed by atoms with Crippen LogP contribution >= 0.6 is 0 Å². The van der Waals surface area contributed by atoms with Gasteiger partial charge in [-0.15, -0.1) is 0 Å². The molecule has 0 aliphatic carbocycles. The molecule has 0 saturated carbocycles. The molecule has 2 bridgehead atoms. The third-order valence-corrected chi connectivity index (χ3v) is 6.49. The minimum absolute atomic E-state index is 0.230. The molecule has 0 spiro atoms. The fraction of sp³-hybridized carbons (Fsp3) is 0.900. The quantitative estimate of drug-likeness (QED) is 0.640. The van der Waals surface area contributed by atoms with Crippen molar-refractivity contribution in [3.8, 4) is 0 Å². The summed E-state index contributed by atoms with van der Waals surface area (Å²) in [5.41, 5.74) is -0.769. The molecule has 2 heterocycles. The maximum Gasteiger partial charge on any atom is 0.0921 e. The van der Waals surface area contributed by atoms with Crippen LogP contribution in [0.2, 0.25) is 0 Å². The number of hydrogen-bond donors (Lipinski definition) is 3. The molecule has 1 fully saturated rings. The average Bonchev–Trinajstić information content (AvgIpc) is 2.87. The van der Waals surface area contributed by atoms with Crippen LogP contribution in [0, 0.1) is 5.92 Å². The van der Waals surface area contributed by atoms with Crippen LogP contribution in [0.25, 0.3) is 0 Å². The number of allylic oxidation sites excluding steroid dienone is 1. The first-order valence-corrected chi connectivity index (χ1v) is 9.45. The summed E-state index contributed by atoms with van der Waals surface area (Å²) in [6.45, 7) is 10.1. The van der Waals surface area contributed by atoms with Crippen molar-refractivity contribution in [2.75, 3.05) is 0 Å². The highest BCUT2D eigenvalue weighted by Gasteiger charge is 2.51. The second-order valence-corrected chi connectivity index (χ2v) is 8.85. The fourth-order valence-electron chi connectivity index (χ4n) is 4.07. The van der Waals surface area contributed by atoms with Gasteiger partial charge >= 0.3 is 0 Å². The van der Waals surface area contributed by atoms with Gasteiger partial charge in [-0.2, -0.15) is 0 Å². The summed E-state index contributed by atoms with van der Waals surface area (Å²) in [7, 11) is 0. The number of aliphatic hydroxyl groups is 3. The van der Waals surface area contributed by atoms with Gasteiger partial charge in [-0.1, -0.05) is 25.5 Å². The van der Waals surface area contributed by atoms with E-state index in [0.717, 1.165) is 25.7 Å². The Morgan fingerprint density at radius 1 is 1.08 bits per heavy atom. The molecule has 2 aliphatic rings. The highest BCUT2D eigenvalue weighted by Crippen LogP contribution is 2.47. The largest absolute Gasteiger partial charge is 0.390 e.